The second kappa shape index (κ2) is 21.6. The van der Waals surface area contributed by atoms with E-state index in [4.69, 9.17) is 10.3 Å². The van der Waals surface area contributed by atoms with Crippen LogP contribution in [0, 0.1) is 0 Å². The number of fused-ring (bicyclic) bond motifs is 2. The molecule has 6 aromatic rings. The fraction of sp³-hybridized carbons (Fsp3) is 0.326. The van der Waals surface area contributed by atoms with Crippen molar-refractivity contribution < 1.29 is 25.8 Å². The Morgan fingerprint density at radius 3 is 1.62 bits per heavy atom. The summed E-state index contributed by atoms with van der Waals surface area (Å²) >= 11 is 0. The number of hydrogen-bond acceptors (Lipinski definition) is 1. The molecule has 0 spiro atoms. The molecule has 0 radical (unpaired) electrons. The van der Waals surface area contributed by atoms with Crippen LogP contribution in [0.4, 0.5) is 5.69 Å². The van der Waals surface area contributed by atoms with E-state index in [0.717, 1.165) is 33.7 Å². The summed E-state index contributed by atoms with van der Waals surface area (Å²) in [6, 6.07) is 38.6. The van der Waals surface area contributed by atoms with Gasteiger partial charge in [0.2, 0.25) is 0 Å². The molecule has 5 aromatic carbocycles. The first-order chi connectivity index (χ1) is 23.7. The average molecular weight is 833 g/mol. The zero-order valence-electron chi connectivity index (χ0n) is 31.8. The van der Waals surface area contributed by atoms with E-state index in [1.54, 1.807) is 42.3 Å². The second-order valence-corrected chi connectivity index (χ2v) is 12.6. The van der Waals surface area contributed by atoms with Crippen molar-refractivity contribution in [1.82, 2.24) is 9.55 Å². The molecule has 1 atom stereocenters. The van der Waals surface area contributed by atoms with Crippen molar-refractivity contribution in [2.24, 2.45) is 7.05 Å². The third kappa shape index (κ3) is 10.5. The summed E-state index contributed by atoms with van der Waals surface area (Å²) in [6.45, 7) is 9.01. The van der Waals surface area contributed by atoms with Crippen LogP contribution in [-0.4, -0.2) is 51.8 Å². The summed E-state index contributed by atoms with van der Waals surface area (Å²) in [4.78, 5) is 5.39. The maximum absolute atomic E-state index is 5.57. The van der Waals surface area contributed by atoms with Gasteiger partial charge in [0.25, 0.3) is 0 Å². The van der Waals surface area contributed by atoms with Gasteiger partial charge in [0.05, 0.1) is 16.9 Å². The van der Waals surface area contributed by atoms with E-state index in [1.807, 2.05) is 0 Å². The van der Waals surface area contributed by atoms with Crippen LogP contribution in [0.3, 0.4) is 0 Å². The van der Waals surface area contributed by atoms with Crippen LogP contribution in [0.2, 0.25) is 0 Å². The summed E-state index contributed by atoms with van der Waals surface area (Å²) in [6.07, 6.45) is 0. The number of imidazole rings is 1. The summed E-state index contributed by atoms with van der Waals surface area (Å²) in [5.41, 5.74) is 9.27. The molecule has 0 aliphatic rings. The molecule has 1 aromatic heterocycles. The van der Waals surface area contributed by atoms with Crippen molar-refractivity contribution in [2.45, 2.75) is 45.6 Å². The SMILES string of the molecule is CC(C)c1cccc(C(C)C)c1[N-]C(c1ccccc1)c1nc2c(-c3cccc4ccccc34)cccc2n1C.C[N-]C.C[N-]C.C[N-]C.[Hf]. The fourth-order valence-electron chi connectivity index (χ4n) is 5.86. The molecule has 0 saturated heterocycles. The van der Waals surface area contributed by atoms with Crippen LogP contribution in [0.5, 0.6) is 0 Å². The Balaban J connectivity index is 0.000000787. The van der Waals surface area contributed by atoms with Crippen molar-refractivity contribution in [3.8, 4) is 11.1 Å². The number of nitrogens with zero attached hydrogens (tertiary/aromatic N) is 6. The van der Waals surface area contributed by atoms with Crippen LogP contribution >= 0.6 is 0 Å². The van der Waals surface area contributed by atoms with Gasteiger partial charge in [0, 0.05) is 38.5 Å². The van der Waals surface area contributed by atoms with Crippen molar-refractivity contribution >= 4 is 27.5 Å². The first-order valence-corrected chi connectivity index (χ1v) is 16.9. The molecule has 6 nitrogen and oxygen atoms in total. The topological polar surface area (TPSA) is 74.2 Å². The molecule has 0 saturated carbocycles. The number of aryl methyl sites for hydroxylation is 1. The Morgan fingerprint density at radius 2 is 1.04 bits per heavy atom. The van der Waals surface area contributed by atoms with Crippen LogP contribution in [0.1, 0.15) is 68.1 Å². The number of para-hydroxylation sites is 2. The Labute approximate surface area is 320 Å². The first kappa shape index (κ1) is 42.5. The quantitative estimate of drug-likeness (QED) is 0.148. The van der Waals surface area contributed by atoms with Gasteiger partial charge in [-0.2, -0.15) is 42.3 Å². The molecule has 0 aliphatic heterocycles. The molecule has 264 valence electrons. The largest absolute Gasteiger partial charge is 0.671 e. The molecule has 7 heteroatoms. The Morgan fingerprint density at radius 1 is 0.560 bits per heavy atom. The van der Waals surface area contributed by atoms with E-state index < -0.39 is 0 Å². The number of aromatic nitrogens is 2. The molecular weight excluding hydrogens is 779 g/mol. The van der Waals surface area contributed by atoms with Gasteiger partial charge in [-0.3, -0.25) is 0 Å². The molecule has 0 bridgehead atoms. The van der Waals surface area contributed by atoms with Crippen molar-refractivity contribution in [3.63, 3.8) is 0 Å². The monoisotopic (exact) mass is 834 g/mol. The van der Waals surface area contributed by atoms with E-state index in [1.165, 1.54) is 27.5 Å². The van der Waals surface area contributed by atoms with Crippen LogP contribution in [0.25, 0.3) is 54.2 Å². The van der Waals surface area contributed by atoms with Gasteiger partial charge in [-0.15, -0.1) is 5.69 Å². The van der Waals surface area contributed by atoms with Gasteiger partial charge in [-0.1, -0.05) is 148 Å². The van der Waals surface area contributed by atoms with Crippen LogP contribution in [0.15, 0.2) is 109 Å². The normalized spacial score (nSPS) is 11.1. The number of hydrogen-bond donors (Lipinski definition) is 0. The number of rotatable bonds is 7. The second-order valence-electron chi connectivity index (χ2n) is 12.6. The van der Waals surface area contributed by atoms with Crippen LogP contribution < -0.4 is 0 Å². The minimum atomic E-state index is -0.239. The molecule has 0 aliphatic carbocycles. The summed E-state index contributed by atoms with van der Waals surface area (Å²) < 4.78 is 2.23. The van der Waals surface area contributed by atoms with Crippen molar-refractivity contribution in [3.05, 3.63) is 153 Å². The predicted octanol–water partition coefficient (Wildman–Crippen LogP) is 12.3. The Bertz CT molecular complexity index is 1830. The van der Waals surface area contributed by atoms with Crippen LogP contribution in [-0.2, 0) is 32.9 Å². The Kier molecular flexibility index (Phi) is 18.4. The fourth-order valence-corrected chi connectivity index (χ4v) is 5.86. The van der Waals surface area contributed by atoms with Gasteiger partial charge >= 0.3 is 0 Å². The number of benzene rings is 5. The van der Waals surface area contributed by atoms with Crippen molar-refractivity contribution in [2.75, 3.05) is 42.3 Å². The standard InChI is InChI=1S/C37H36N3.3C2H6N.Hf/c1-24(2)28-19-12-20-29(25(3)4)35(28)38-34(27-15-7-6-8-16-27)37-39-36-32(22-13-23-33(36)40(37)5)31-21-11-17-26-14-9-10-18-30(26)31;3*1-3-2;/h6-25,34H,1-5H3;3*1-2H3;/q4*-1;. The van der Waals surface area contributed by atoms with Gasteiger partial charge < -0.3 is 25.8 Å². The zero-order valence-corrected chi connectivity index (χ0v) is 35.4. The molecule has 1 unspecified atom stereocenters. The zero-order chi connectivity index (χ0) is 35.9. The van der Waals surface area contributed by atoms with Crippen molar-refractivity contribution in [1.29, 1.82) is 0 Å². The third-order valence-corrected chi connectivity index (χ3v) is 7.99. The molecular formula is C43H54HfN6-4. The van der Waals surface area contributed by atoms with E-state index >= 15 is 0 Å². The maximum atomic E-state index is 5.57. The van der Waals surface area contributed by atoms with Gasteiger partial charge in [-0.25, -0.2) is 4.98 Å². The van der Waals surface area contributed by atoms with E-state index in [0.29, 0.717) is 11.8 Å². The summed E-state index contributed by atoms with van der Waals surface area (Å²) in [5, 5.41) is 18.5. The maximum Gasteiger partial charge on any atom is 0.0989 e. The van der Waals surface area contributed by atoms with E-state index in [-0.39, 0.29) is 31.9 Å². The molecule has 0 amide bonds. The molecule has 1 heterocycles. The smallest absolute Gasteiger partial charge is 0.0989 e. The third-order valence-electron chi connectivity index (χ3n) is 7.99. The predicted molar refractivity (Wildman–Crippen MR) is 215 cm³/mol. The summed E-state index contributed by atoms with van der Waals surface area (Å²) in [5.74, 6) is 1.68. The molecule has 50 heavy (non-hydrogen) atoms. The molecule has 0 N–H and O–H groups in total. The average Bonchev–Trinajstić information content (AvgIpc) is 3.44. The Hall–Kier alpha value is -3.62. The molecule has 6 rings (SSSR count). The molecule has 0 fully saturated rings. The van der Waals surface area contributed by atoms with Gasteiger partial charge in [0.1, 0.15) is 0 Å². The minimum absolute atomic E-state index is 0. The summed E-state index contributed by atoms with van der Waals surface area (Å²) in [7, 11) is 12.6. The minimum Gasteiger partial charge on any atom is -0.671 e. The first-order valence-electron chi connectivity index (χ1n) is 16.9. The van der Waals surface area contributed by atoms with Gasteiger partial charge in [0.15, 0.2) is 0 Å². The van der Waals surface area contributed by atoms with Gasteiger partial charge in [-0.05, 0) is 40.3 Å². The van der Waals surface area contributed by atoms with E-state index in [2.05, 4.69) is 164 Å². The van der Waals surface area contributed by atoms with E-state index in [9.17, 15) is 0 Å².